The average Bonchev–Trinajstić information content (AvgIpc) is 3.02. The van der Waals surface area contributed by atoms with Gasteiger partial charge in [0.25, 0.3) is 0 Å². The number of hydrogen-bond acceptors (Lipinski definition) is 6. The molecule has 0 saturated heterocycles. The van der Waals surface area contributed by atoms with Crippen molar-refractivity contribution in [2.75, 3.05) is 5.32 Å². The highest BCUT2D eigenvalue weighted by Crippen LogP contribution is 2.34. The zero-order chi connectivity index (χ0) is 15.7. The Morgan fingerprint density at radius 2 is 2.27 bits per heavy atom. The smallest absolute Gasteiger partial charge is 0.134 e. The SMILES string of the molecule is Cc1c(C[C@H](C)N)sc2c(NCc3cc(F)cs3)cnnc12. The molecule has 0 spiro atoms. The molecule has 0 unspecified atom stereocenters. The molecule has 0 radical (unpaired) electrons. The summed E-state index contributed by atoms with van der Waals surface area (Å²) in [6.45, 7) is 4.64. The summed E-state index contributed by atoms with van der Waals surface area (Å²) < 4.78 is 14.1. The molecular weight excluding hydrogens is 319 g/mol. The maximum Gasteiger partial charge on any atom is 0.134 e. The van der Waals surface area contributed by atoms with Crippen LogP contribution in [0.15, 0.2) is 17.6 Å². The Bertz CT molecular complexity index is 794. The Morgan fingerprint density at radius 1 is 1.45 bits per heavy atom. The first-order chi connectivity index (χ1) is 10.5. The third kappa shape index (κ3) is 3.11. The molecule has 3 aromatic rings. The summed E-state index contributed by atoms with van der Waals surface area (Å²) >= 11 is 3.11. The van der Waals surface area contributed by atoms with E-state index in [1.54, 1.807) is 23.6 Å². The van der Waals surface area contributed by atoms with Gasteiger partial charge in [-0.05, 0) is 31.9 Å². The van der Waals surface area contributed by atoms with Gasteiger partial charge < -0.3 is 11.1 Å². The highest BCUT2D eigenvalue weighted by atomic mass is 32.1. The third-order valence-corrected chi connectivity index (χ3v) is 5.63. The minimum Gasteiger partial charge on any atom is -0.378 e. The van der Waals surface area contributed by atoms with Crippen LogP contribution < -0.4 is 11.1 Å². The fraction of sp³-hybridized carbons (Fsp3) is 0.333. The van der Waals surface area contributed by atoms with Crippen LogP contribution in [-0.4, -0.2) is 16.2 Å². The number of nitrogens with two attached hydrogens (primary N) is 1. The zero-order valence-electron chi connectivity index (χ0n) is 12.4. The van der Waals surface area contributed by atoms with Crippen LogP contribution in [0.1, 0.15) is 22.2 Å². The van der Waals surface area contributed by atoms with Gasteiger partial charge in [0.1, 0.15) is 11.3 Å². The van der Waals surface area contributed by atoms with Gasteiger partial charge in [-0.2, -0.15) is 5.10 Å². The first-order valence-corrected chi connectivity index (χ1v) is 8.70. The van der Waals surface area contributed by atoms with Crippen LogP contribution in [0.25, 0.3) is 10.2 Å². The summed E-state index contributed by atoms with van der Waals surface area (Å²) in [6, 6.07) is 1.66. The largest absolute Gasteiger partial charge is 0.378 e. The number of aromatic nitrogens is 2. The van der Waals surface area contributed by atoms with E-state index in [2.05, 4.69) is 22.4 Å². The highest BCUT2D eigenvalue weighted by Gasteiger charge is 2.14. The summed E-state index contributed by atoms with van der Waals surface area (Å²) in [5.74, 6) is -0.189. The lowest BCUT2D eigenvalue weighted by Gasteiger charge is -2.04. The molecule has 0 aliphatic heterocycles. The Kier molecular flexibility index (Phi) is 4.37. The van der Waals surface area contributed by atoms with E-state index in [0.717, 1.165) is 32.8 Å². The van der Waals surface area contributed by atoms with Gasteiger partial charge >= 0.3 is 0 Å². The zero-order valence-corrected chi connectivity index (χ0v) is 14.0. The Balaban J connectivity index is 1.89. The second-order valence-corrected chi connectivity index (χ2v) is 7.45. The lowest BCUT2D eigenvalue weighted by Crippen LogP contribution is -2.17. The molecule has 3 heterocycles. The van der Waals surface area contributed by atoms with E-state index in [9.17, 15) is 4.39 Å². The quantitative estimate of drug-likeness (QED) is 0.746. The van der Waals surface area contributed by atoms with E-state index in [1.165, 1.54) is 21.6 Å². The van der Waals surface area contributed by atoms with Crippen molar-refractivity contribution < 1.29 is 4.39 Å². The van der Waals surface area contributed by atoms with Gasteiger partial charge in [-0.25, -0.2) is 4.39 Å². The highest BCUT2D eigenvalue weighted by molar-refractivity contribution is 7.19. The lowest BCUT2D eigenvalue weighted by molar-refractivity contribution is 0.632. The predicted molar refractivity (Wildman–Crippen MR) is 91.1 cm³/mol. The normalized spacial score (nSPS) is 12.7. The van der Waals surface area contributed by atoms with Gasteiger partial charge in [0.15, 0.2) is 0 Å². The van der Waals surface area contributed by atoms with Crippen molar-refractivity contribution in [2.24, 2.45) is 5.73 Å². The topological polar surface area (TPSA) is 63.8 Å². The van der Waals surface area contributed by atoms with E-state index < -0.39 is 0 Å². The number of fused-ring (bicyclic) bond motifs is 1. The van der Waals surface area contributed by atoms with Gasteiger partial charge in [-0.15, -0.1) is 27.8 Å². The van der Waals surface area contributed by atoms with E-state index in [-0.39, 0.29) is 11.9 Å². The average molecular weight is 336 g/mol. The standard InChI is InChI=1S/C15H17FN4S2/c1-8(17)3-13-9(2)14-15(22-13)12(6-19-20-14)18-5-11-4-10(16)7-21-11/h4,6-8H,3,5,17H2,1-2H3,(H,18,20)/t8-/m0/s1. The molecule has 3 N–H and O–H groups in total. The van der Waals surface area contributed by atoms with Crippen LogP contribution in [0.2, 0.25) is 0 Å². The van der Waals surface area contributed by atoms with Crippen molar-refractivity contribution in [1.29, 1.82) is 0 Å². The molecule has 3 rings (SSSR count). The van der Waals surface area contributed by atoms with Crippen molar-refractivity contribution in [3.63, 3.8) is 0 Å². The fourth-order valence-corrected chi connectivity index (χ4v) is 4.33. The molecule has 0 bridgehead atoms. The summed E-state index contributed by atoms with van der Waals surface area (Å²) in [6.07, 6.45) is 2.56. The molecule has 0 saturated carbocycles. The van der Waals surface area contributed by atoms with Gasteiger partial charge in [-0.3, -0.25) is 0 Å². The van der Waals surface area contributed by atoms with Gasteiger partial charge in [0, 0.05) is 27.7 Å². The van der Waals surface area contributed by atoms with Crippen LogP contribution in [0.3, 0.4) is 0 Å². The Labute approximate surface area is 136 Å². The monoisotopic (exact) mass is 336 g/mol. The molecule has 0 aliphatic rings. The van der Waals surface area contributed by atoms with Gasteiger partial charge in [0.05, 0.1) is 16.6 Å². The Morgan fingerprint density at radius 3 is 2.95 bits per heavy atom. The number of nitrogens with zero attached hydrogens (tertiary/aromatic N) is 2. The number of nitrogens with one attached hydrogen (secondary N) is 1. The number of thiophene rings is 2. The van der Waals surface area contributed by atoms with Crippen molar-refractivity contribution in [1.82, 2.24) is 10.2 Å². The van der Waals surface area contributed by atoms with Gasteiger partial charge in [0.2, 0.25) is 0 Å². The molecule has 7 heteroatoms. The van der Waals surface area contributed by atoms with Crippen molar-refractivity contribution in [2.45, 2.75) is 32.9 Å². The molecule has 116 valence electrons. The van der Waals surface area contributed by atoms with Crippen LogP contribution in [0, 0.1) is 12.7 Å². The number of anilines is 1. The van der Waals surface area contributed by atoms with E-state index >= 15 is 0 Å². The predicted octanol–water partition coefficient (Wildman–Crippen LogP) is 3.70. The summed E-state index contributed by atoms with van der Waals surface area (Å²) in [7, 11) is 0. The second kappa shape index (κ2) is 6.28. The first-order valence-electron chi connectivity index (χ1n) is 7.00. The molecule has 4 nitrogen and oxygen atoms in total. The number of hydrogen-bond donors (Lipinski definition) is 2. The lowest BCUT2D eigenvalue weighted by atomic mass is 10.1. The van der Waals surface area contributed by atoms with Crippen molar-refractivity contribution >= 4 is 38.6 Å². The summed E-state index contributed by atoms with van der Waals surface area (Å²) in [5, 5.41) is 13.2. The minimum absolute atomic E-state index is 0.116. The molecule has 0 aromatic carbocycles. The number of aryl methyl sites for hydroxylation is 1. The van der Waals surface area contributed by atoms with Crippen molar-refractivity contribution in [3.8, 4) is 0 Å². The van der Waals surface area contributed by atoms with Crippen LogP contribution in [0.4, 0.5) is 10.1 Å². The fourth-order valence-electron chi connectivity index (χ4n) is 2.30. The molecule has 0 amide bonds. The molecule has 1 atom stereocenters. The van der Waals surface area contributed by atoms with Crippen LogP contribution in [0.5, 0.6) is 0 Å². The molecule has 3 aromatic heterocycles. The van der Waals surface area contributed by atoms with Crippen LogP contribution >= 0.6 is 22.7 Å². The van der Waals surface area contributed by atoms with E-state index in [1.807, 2.05) is 6.92 Å². The molecule has 22 heavy (non-hydrogen) atoms. The van der Waals surface area contributed by atoms with Crippen LogP contribution in [-0.2, 0) is 13.0 Å². The molecule has 0 aliphatic carbocycles. The third-order valence-electron chi connectivity index (χ3n) is 3.39. The first kappa shape index (κ1) is 15.3. The summed E-state index contributed by atoms with van der Waals surface area (Å²) in [4.78, 5) is 2.20. The second-order valence-electron chi connectivity index (χ2n) is 5.35. The van der Waals surface area contributed by atoms with E-state index in [0.29, 0.717) is 6.54 Å². The summed E-state index contributed by atoms with van der Waals surface area (Å²) in [5.41, 5.74) is 8.91. The van der Waals surface area contributed by atoms with Gasteiger partial charge in [-0.1, -0.05) is 0 Å². The number of rotatable bonds is 5. The van der Waals surface area contributed by atoms with E-state index in [4.69, 9.17) is 5.73 Å². The van der Waals surface area contributed by atoms with Crippen molar-refractivity contribution in [3.05, 3.63) is 38.8 Å². The molecular formula is C15H17FN4S2. The minimum atomic E-state index is -0.189. The maximum atomic E-state index is 13.0. The maximum absolute atomic E-state index is 13.0. The Hall–Kier alpha value is -1.57. The number of halogens is 1. The molecule has 0 fully saturated rings.